The highest BCUT2D eigenvalue weighted by molar-refractivity contribution is 5.75. The Balaban J connectivity index is 1.45. The minimum Gasteiger partial charge on any atom is -0.332 e. The molecule has 2 heterocycles. The number of nitrogens with one attached hydrogen (secondary N) is 2. The number of fused-ring (bicyclic) bond motifs is 2. The third-order valence-electron chi connectivity index (χ3n) is 5.75. The second kappa shape index (κ2) is 8.64. The molecule has 1 aliphatic rings. The van der Waals surface area contributed by atoms with Crippen LogP contribution in [0.15, 0.2) is 42.6 Å². The standard InChI is InChI=1S/C23H29N5O/c1-3-8-20(22-27-26-21-11-6-7-14-28(21)22)25-23(29)24-16(2)18-13-12-17-9-4-5-10-19(17)15-18/h6-7,11-16,20H,3-5,8-10H2,1-2H3,(H2,24,25,29). The molecule has 0 bridgehead atoms. The van der Waals surface area contributed by atoms with Crippen LogP contribution in [-0.4, -0.2) is 20.6 Å². The highest BCUT2D eigenvalue weighted by Crippen LogP contribution is 2.25. The van der Waals surface area contributed by atoms with E-state index >= 15 is 0 Å². The Morgan fingerprint density at radius 2 is 1.93 bits per heavy atom. The summed E-state index contributed by atoms with van der Waals surface area (Å²) in [4.78, 5) is 12.8. The molecule has 2 amide bonds. The van der Waals surface area contributed by atoms with E-state index in [1.54, 1.807) is 0 Å². The van der Waals surface area contributed by atoms with Gasteiger partial charge in [0.15, 0.2) is 11.5 Å². The lowest BCUT2D eigenvalue weighted by molar-refractivity contribution is 0.232. The van der Waals surface area contributed by atoms with E-state index in [2.05, 4.69) is 46.0 Å². The number of rotatable bonds is 6. The molecular weight excluding hydrogens is 362 g/mol. The predicted octanol–water partition coefficient (Wildman–Crippen LogP) is 4.51. The average Bonchev–Trinajstić information content (AvgIpc) is 3.17. The van der Waals surface area contributed by atoms with Crippen LogP contribution < -0.4 is 10.6 Å². The quantitative estimate of drug-likeness (QED) is 0.649. The molecule has 0 saturated carbocycles. The number of nitrogens with zero attached hydrogens (tertiary/aromatic N) is 3. The third kappa shape index (κ3) is 4.26. The molecule has 0 radical (unpaired) electrons. The summed E-state index contributed by atoms with van der Waals surface area (Å²) < 4.78 is 1.94. The molecule has 6 nitrogen and oxygen atoms in total. The Morgan fingerprint density at radius 1 is 1.10 bits per heavy atom. The summed E-state index contributed by atoms with van der Waals surface area (Å²) in [6.07, 6.45) is 8.51. The van der Waals surface area contributed by atoms with Crippen molar-refractivity contribution in [2.75, 3.05) is 0 Å². The van der Waals surface area contributed by atoms with Gasteiger partial charge in [0.05, 0.1) is 12.1 Å². The van der Waals surface area contributed by atoms with Gasteiger partial charge in [0.1, 0.15) is 0 Å². The Labute approximate surface area is 171 Å². The molecule has 3 aromatic rings. The molecule has 6 heteroatoms. The van der Waals surface area contributed by atoms with Gasteiger partial charge in [0, 0.05) is 6.20 Å². The predicted molar refractivity (Wildman–Crippen MR) is 114 cm³/mol. The van der Waals surface area contributed by atoms with E-state index in [1.807, 2.05) is 35.7 Å². The molecule has 0 fully saturated rings. The van der Waals surface area contributed by atoms with Gasteiger partial charge in [-0.15, -0.1) is 10.2 Å². The molecule has 2 aromatic heterocycles. The van der Waals surface area contributed by atoms with Crippen LogP contribution in [0.4, 0.5) is 4.79 Å². The Hall–Kier alpha value is -2.89. The van der Waals surface area contributed by atoms with Crippen molar-refractivity contribution in [2.24, 2.45) is 0 Å². The van der Waals surface area contributed by atoms with Gasteiger partial charge < -0.3 is 10.6 Å². The zero-order valence-corrected chi connectivity index (χ0v) is 17.2. The number of urea groups is 1. The smallest absolute Gasteiger partial charge is 0.315 e. The van der Waals surface area contributed by atoms with Crippen molar-refractivity contribution >= 4 is 11.7 Å². The van der Waals surface area contributed by atoms with Gasteiger partial charge in [0.2, 0.25) is 0 Å². The number of pyridine rings is 1. The molecule has 1 aromatic carbocycles. The molecule has 0 saturated heterocycles. The minimum atomic E-state index is -0.187. The average molecular weight is 392 g/mol. The van der Waals surface area contributed by atoms with Crippen LogP contribution in [0.2, 0.25) is 0 Å². The molecule has 152 valence electrons. The van der Waals surface area contributed by atoms with Gasteiger partial charge >= 0.3 is 6.03 Å². The molecule has 2 N–H and O–H groups in total. The number of hydrogen-bond donors (Lipinski definition) is 2. The highest BCUT2D eigenvalue weighted by Gasteiger charge is 2.21. The summed E-state index contributed by atoms with van der Waals surface area (Å²) in [6, 6.07) is 12.0. The zero-order chi connectivity index (χ0) is 20.2. The maximum Gasteiger partial charge on any atom is 0.315 e. The first-order valence-electron chi connectivity index (χ1n) is 10.6. The topological polar surface area (TPSA) is 71.3 Å². The number of aromatic nitrogens is 3. The number of aryl methyl sites for hydroxylation is 2. The Kier molecular flexibility index (Phi) is 5.79. The van der Waals surface area contributed by atoms with E-state index in [0.717, 1.165) is 36.3 Å². The molecule has 2 unspecified atom stereocenters. The molecule has 29 heavy (non-hydrogen) atoms. The third-order valence-corrected chi connectivity index (χ3v) is 5.75. The van der Waals surface area contributed by atoms with Gasteiger partial charge in [-0.1, -0.05) is 37.6 Å². The van der Waals surface area contributed by atoms with E-state index in [-0.39, 0.29) is 18.1 Å². The fraction of sp³-hybridized carbons (Fsp3) is 0.435. The van der Waals surface area contributed by atoms with E-state index in [0.29, 0.717) is 0 Å². The molecule has 4 rings (SSSR count). The van der Waals surface area contributed by atoms with Crippen LogP contribution in [-0.2, 0) is 12.8 Å². The summed E-state index contributed by atoms with van der Waals surface area (Å²) in [5.41, 5.74) is 4.83. The fourth-order valence-corrected chi connectivity index (χ4v) is 4.15. The van der Waals surface area contributed by atoms with E-state index < -0.39 is 0 Å². The van der Waals surface area contributed by atoms with Gasteiger partial charge in [-0.25, -0.2) is 4.79 Å². The zero-order valence-electron chi connectivity index (χ0n) is 17.2. The van der Waals surface area contributed by atoms with Crippen molar-refractivity contribution in [2.45, 2.75) is 64.5 Å². The lowest BCUT2D eigenvalue weighted by Gasteiger charge is -2.22. The maximum atomic E-state index is 12.8. The lowest BCUT2D eigenvalue weighted by Crippen LogP contribution is -2.39. The number of carbonyl (C=O) groups excluding carboxylic acids is 1. The lowest BCUT2D eigenvalue weighted by atomic mass is 9.89. The summed E-state index contributed by atoms with van der Waals surface area (Å²) in [5, 5.41) is 14.7. The van der Waals surface area contributed by atoms with Crippen molar-refractivity contribution in [1.82, 2.24) is 25.2 Å². The fourth-order valence-electron chi connectivity index (χ4n) is 4.15. The molecule has 0 spiro atoms. The van der Waals surface area contributed by atoms with E-state index in [9.17, 15) is 4.79 Å². The summed E-state index contributed by atoms with van der Waals surface area (Å²) in [5.74, 6) is 0.763. The van der Waals surface area contributed by atoms with Crippen molar-refractivity contribution in [3.8, 4) is 0 Å². The van der Waals surface area contributed by atoms with Gasteiger partial charge in [-0.2, -0.15) is 0 Å². The van der Waals surface area contributed by atoms with Crippen LogP contribution in [0.3, 0.4) is 0 Å². The summed E-state index contributed by atoms with van der Waals surface area (Å²) in [7, 11) is 0. The first-order chi connectivity index (χ1) is 14.2. The van der Waals surface area contributed by atoms with Crippen LogP contribution in [0.1, 0.15) is 74.1 Å². The monoisotopic (exact) mass is 391 g/mol. The van der Waals surface area contributed by atoms with E-state index in [4.69, 9.17) is 0 Å². The Bertz CT molecular complexity index is 996. The van der Waals surface area contributed by atoms with Crippen molar-refractivity contribution in [3.63, 3.8) is 0 Å². The summed E-state index contributed by atoms with van der Waals surface area (Å²) in [6.45, 7) is 4.14. The SMILES string of the molecule is CCCC(NC(=O)NC(C)c1ccc2c(c1)CCCC2)c1nnc2ccccn12. The van der Waals surface area contributed by atoms with Crippen molar-refractivity contribution < 1.29 is 4.79 Å². The van der Waals surface area contributed by atoms with Crippen LogP contribution in [0, 0.1) is 0 Å². The van der Waals surface area contributed by atoms with Crippen LogP contribution >= 0.6 is 0 Å². The van der Waals surface area contributed by atoms with Crippen LogP contribution in [0.5, 0.6) is 0 Å². The summed E-state index contributed by atoms with van der Waals surface area (Å²) >= 11 is 0. The minimum absolute atomic E-state index is 0.0559. The van der Waals surface area contributed by atoms with Gasteiger partial charge in [-0.05, 0) is 67.9 Å². The molecule has 2 atom stereocenters. The number of hydrogen-bond acceptors (Lipinski definition) is 3. The van der Waals surface area contributed by atoms with Gasteiger partial charge in [0.25, 0.3) is 0 Å². The number of benzene rings is 1. The normalized spacial score (nSPS) is 15.5. The first-order valence-corrected chi connectivity index (χ1v) is 10.6. The first kappa shape index (κ1) is 19.4. The Morgan fingerprint density at radius 3 is 2.76 bits per heavy atom. The maximum absolute atomic E-state index is 12.8. The van der Waals surface area contributed by atoms with Crippen molar-refractivity contribution in [3.05, 3.63) is 65.1 Å². The second-order valence-corrected chi connectivity index (χ2v) is 7.90. The number of carbonyl (C=O) groups is 1. The highest BCUT2D eigenvalue weighted by atomic mass is 16.2. The molecular formula is C23H29N5O. The largest absolute Gasteiger partial charge is 0.332 e. The van der Waals surface area contributed by atoms with Crippen molar-refractivity contribution in [1.29, 1.82) is 0 Å². The molecule has 1 aliphatic carbocycles. The molecule has 0 aliphatic heterocycles. The van der Waals surface area contributed by atoms with E-state index in [1.165, 1.54) is 30.4 Å². The second-order valence-electron chi connectivity index (χ2n) is 7.90. The number of amides is 2. The van der Waals surface area contributed by atoms with Crippen LogP contribution in [0.25, 0.3) is 5.65 Å². The van der Waals surface area contributed by atoms with Gasteiger partial charge in [-0.3, -0.25) is 4.40 Å².